The van der Waals surface area contributed by atoms with Gasteiger partial charge in [0.05, 0.1) is 17.7 Å². The number of esters is 1. The summed E-state index contributed by atoms with van der Waals surface area (Å²) in [6.45, 7) is 1.51. The number of carbonyl (C=O) groups is 3. The highest BCUT2D eigenvalue weighted by atomic mass is 16.6. The van der Waals surface area contributed by atoms with Crippen molar-refractivity contribution in [2.45, 2.75) is 13.0 Å². The van der Waals surface area contributed by atoms with Crippen LogP contribution in [0.5, 0.6) is 5.75 Å². The Labute approximate surface area is 145 Å². The molecule has 6 heteroatoms. The molecule has 2 aromatic rings. The van der Waals surface area contributed by atoms with E-state index in [0.717, 1.165) is 4.90 Å². The van der Waals surface area contributed by atoms with Gasteiger partial charge in [-0.2, -0.15) is 0 Å². The van der Waals surface area contributed by atoms with Gasteiger partial charge >= 0.3 is 5.97 Å². The molecule has 2 amide bonds. The summed E-state index contributed by atoms with van der Waals surface area (Å²) in [7, 11) is 0. The summed E-state index contributed by atoms with van der Waals surface area (Å²) < 4.78 is 10.6. The van der Waals surface area contributed by atoms with Crippen LogP contribution < -0.4 is 4.74 Å². The van der Waals surface area contributed by atoms with E-state index in [9.17, 15) is 14.4 Å². The topological polar surface area (TPSA) is 72.9 Å². The fourth-order valence-electron chi connectivity index (χ4n) is 2.55. The van der Waals surface area contributed by atoms with E-state index in [4.69, 9.17) is 9.47 Å². The van der Waals surface area contributed by atoms with Crippen molar-refractivity contribution in [3.63, 3.8) is 0 Å². The SMILES string of the molecule is C[C@@H](Oc1ccccc1)C(=O)OCCN1C(=O)c2ccccc2C1=O. The standard InChI is InChI=1S/C19H17NO5/c1-13(25-14-7-3-2-4-8-14)19(23)24-12-11-20-17(21)15-9-5-6-10-16(15)18(20)22/h2-10,13H,11-12H2,1H3/t13-/m1/s1. The number of hydrogen-bond donors (Lipinski definition) is 0. The Hall–Kier alpha value is -3.15. The van der Waals surface area contributed by atoms with Crippen molar-refractivity contribution < 1.29 is 23.9 Å². The minimum Gasteiger partial charge on any atom is -0.479 e. The van der Waals surface area contributed by atoms with E-state index in [1.165, 1.54) is 0 Å². The lowest BCUT2D eigenvalue weighted by Gasteiger charge is -2.16. The molecule has 0 spiro atoms. The fraction of sp³-hybridized carbons (Fsp3) is 0.211. The number of rotatable bonds is 6. The molecule has 25 heavy (non-hydrogen) atoms. The summed E-state index contributed by atoms with van der Waals surface area (Å²) in [5, 5.41) is 0. The minimum atomic E-state index is -0.787. The van der Waals surface area contributed by atoms with Crippen molar-refractivity contribution in [2.24, 2.45) is 0 Å². The molecule has 0 aliphatic carbocycles. The van der Waals surface area contributed by atoms with E-state index in [0.29, 0.717) is 16.9 Å². The molecule has 1 aliphatic heterocycles. The summed E-state index contributed by atoms with van der Waals surface area (Å²) in [5.41, 5.74) is 0.749. The summed E-state index contributed by atoms with van der Waals surface area (Å²) in [5.74, 6) is -0.733. The fourth-order valence-corrected chi connectivity index (χ4v) is 2.55. The Morgan fingerprint density at radius 3 is 2.12 bits per heavy atom. The molecule has 0 saturated carbocycles. The van der Waals surface area contributed by atoms with Gasteiger partial charge in [-0.25, -0.2) is 4.79 Å². The minimum absolute atomic E-state index is 0.0101. The first kappa shape index (κ1) is 16.7. The first-order chi connectivity index (χ1) is 12.1. The predicted molar refractivity (Wildman–Crippen MR) is 89.3 cm³/mol. The number of hydrogen-bond acceptors (Lipinski definition) is 5. The Bertz CT molecular complexity index is 767. The number of benzene rings is 2. The van der Waals surface area contributed by atoms with Gasteiger partial charge in [0, 0.05) is 0 Å². The van der Waals surface area contributed by atoms with Crippen molar-refractivity contribution >= 4 is 17.8 Å². The molecule has 0 N–H and O–H groups in total. The van der Waals surface area contributed by atoms with Crippen molar-refractivity contribution in [3.8, 4) is 5.75 Å². The molecule has 0 radical (unpaired) electrons. The molecule has 1 atom stereocenters. The molecule has 6 nitrogen and oxygen atoms in total. The molecule has 128 valence electrons. The molecule has 2 aromatic carbocycles. The van der Waals surface area contributed by atoms with Gasteiger partial charge in [-0.15, -0.1) is 0 Å². The maximum Gasteiger partial charge on any atom is 0.347 e. The van der Waals surface area contributed by atoms with Gasteiger partial charge in [0.2, 0.25) is 0 Å². The molecule has 3 rings (SSSR count). The van der Waals surface area contributed by atoms with Gasteiger partial charge < -0.3 is 9.47 Å². The summed E-state index contributed by atoms with van der Waals surface area (Å²) in [4.78, 5) is 37.4. The van der Waals surface area contributed by atoms with Gasteiger partial charge in [-0.05, 0) is 31.2 Å². The zero-order valence-corrected chi connectivity index (χ0v) is 13.7. The second-order valence-electron chi connectivity index (χ2n) is 5.55. The number of imide groups is 1. The van der Waals surface area contributed by atoms with Crippen molar-refractivity contribution in [3.05, 3.63) is 65.7 Å². The molecule has 0 aromatic heterocycles. The molecule has 1 aliphatic rings. The third-order valence-corrected chi connectivity index (χ3v) is 3.83. The zero-order chi connectivity index (χ0) is 17.8. The smallest absolute Gasteiger partial charge is 0.347 e. The van der Waals surface area contributed by atoms with E-state index >= 15 is 0 Å². The average molecular weight is 339 g/mol. The molecule has 0 saturated heterocycles. The highest BCUT2D eigenvalue weighted by molar-refractivity contribution is 6.21. The largest absolute Gasteiger partial charge is 0.479 e. The maximum atomic E-state index is 12.2. The van der Waals surface area contributed by atoms with Gasteiger partial charge in [-0.1, -0.05) is 30.3 Å². The van der Waals surface area contributed by atoms with Crippen molar-refractivity contribution in [1.29, 1.82) is 0 Å². The van der Waals surface area contributed by atoms with Gasteiger partial charge in [0.15, 0.2) is 6.10 Å². The summed E-state index contributed by atoms with van der Waals surface area (Å²) in [6.07, 6.45) is -0.787. The van der Waals surface area contributed by atoms with Crippen LogP contribution in [0, 0.1) is 0 Å². The van der Waals surface area contributed by atoms with Crippen LogP contribution in [-0.2, 0) is 9.53 Å². The van der Waals surface area contributed by atoms with Gasteiger partial charge in [0.1, 0.15) is 12.4 Å². The van der Waals surface area contributed by atoms with Crippen LogP contribution in [-0.4, -0.2) is 41.9 Å². The Kier molecular flexibility index (Phi) is 4.79. The van der Waals surface area contributed by atoms with Crippen molar-refractivity contribution in [1.82, 2.24) is 4.90 Å². The van der Waals surface area contributed by atoms with E-state index in [1.54, 1.807) is 55.5 Å². The lowest BCUT2D eigenvalue weighted by molar-refractivity contribution is -0.151. The molecular weight excluding hydrogens is 322 g/mol. The summed E-state index contributed by atoms with van der Waals surface area (Å²) in [6, 6.07) is 15.6. The molecule has 1 heterocycles. The van der Waals surface area contributed by atoms with E-state index in [-0.39, 0.29) is 25.0 Å². The highest BCUT2D eigenvalue weighted by Gasteiger charge is 2.34. The predicted octanol–water partition coefficient (Wildman–Crippen LogP) is 2.29. The molecule has 0 fully saturated rings. The van der Waals surface area contributed by atoms with Gasteiger partial charge in [0.25, 0.3) is 11.8 Å². The number of carbonyl (C=O) groups excluding carboxylic acids is 3. The van der Waals surface area contributed by atoms with Crippen LogP contribution in [0.15, 0.2) is 54.6 Å². The zero-order valence-electron chi connectivity index (χ0n) is 13.7. The van der Waals surface area contributed by atoms with Crippen LogP contribution in [0.4, 0.5) is 0 Å². The first-order valence-corrected chi connectivity index (χ1v) is 7.91. The third kappa shape index (κ3) is 3.52. The number of ether oxygens (including phenoxy) is 2. The van der Waals surface area contributed by atoms with E-state index in [2.05, 4.69) is 0 Å². The van der Waals surface area contributed by atoms with Crippen LogP contribution in [0.25, 0.3) is 0 Å². The van der Waals surface area contributed by atoms with Crippen LogP contribution >= 0.6 is 0 Å². The Morgan fingerprint density at radius 1 is 0.960 bits per heavy atom. The quantitative estimate of drug-likeness (QED) is 0.596. The van der Waals surface area contributed by atoms with Crippen LogP contribution in [0.2, 0.25) is 0 Å². The summed E-state index contributed by atoms with van der Waals surface area (Å²) >= 11 is 0. The molecule has 0 unspecified atom stereocenters. The lowest BCUT2D eigenvalue weighted by Crippen LogP contribution is -2.35. The number of nitrogens with zero attached hydrogens (tertiary/aromatic N) is 1. The van der Waals surface area contributed by atoms with E-state index in [1.807, 2.05) is 6.07 Å². The number of fused-ring (bicyclic) bond motifs is 1. The second-order valence-corrected chi connectivity index (χ2v) is 5.55. The number of amides is 2. The Morgan fingerprint density at radius 2 is 1.52 bits per heavy atom. The average Bonchev–Trinajstić information content (AvgIpc) is 2.87. The van der Waals surface area contributed by atoms with Crippen LogP contribution in [0.3, 0.4) is 0 Å². The molecular formula is C19H17NO5. The second kappa shape index (κ2) is 7.17. The normalized spacial score (nSPS) is 14.2. The molecule has 0 bridgehead atoms. The van der Waals surface area contributed by atoms with E-state index < -0.39 is 12.1 Å². The third-order valence-electron chi connectivity index (χ3n) is 3.83. The first-order valence-electron chi connectivity index (χ1n) is 7.91. The highest BCUT2D eigenvalue weighted by Crippen LogP contribution is 2.22. The monoisotopic (exact) mass is 339 g/mol. The number of para-hydroxylation sites is 1. The van der Waals surface area contributed by atoms with Crippen molar-refractivity contribution in [2.75, 3.05) is 13.2 Å². The van der Waals surface area contributed by atoms with Gasteiger partial charge in [-0.3, -0.25) is 14.5 Å². The van der Waals surface area contributed by atoms with Crippen LogP contribution in [0.1, 0.15) is 27.6 Å². The lowest BCUT2D eigenvalue weighted by atomic mass is 10.1. The maximum absolute atomic E-state index is 12.2. The Balaban J connectivity index is 1.51.